The molecule has 0 fully saturated rings. The minimum absolute atomic E-state index is 0.358. The van der Waals surface area contributed by atoms with E-state index >= 15 is 0 Å². The summed E-state index contributed by atoms with van der Waals surface area (Å²) in [4.78, 5) is 0. The SMILES string of the molecule is CC.Cc1ccc2cccc(O)c2c1. The summed E-state index contributed by atoms with van der Waals surface area (Å²) in [5.74, 6) is 0.358. The molecule has 0 aliphatic carbocycles. The summed E-state index contributed by atoms with van der Waals surface area (Å²) >= 11 is 0. The largest absolute Gasteiger partial charge is 0.507 e. The van der Waals surface area contributed by atoms with Gasteiger partial charge in [-0.15, -0.1) is 0 Å². The van der Waals surface area contributed by atoms with E-state index in [1.807, 2.05) is 51.1 Å². The normalized spacial score (nSPS) is 9.36. The van der Waals surface area contributed by atoms with Gasteiger partial charge in [0, 0.05) is 5.39 Å². The Kier molecular flexibility index (Phi) is 3.52. The molecule has 0 saturated carbocycles. The zero-order valence-electron chi connectivity index (χ0n) is 8.91. The fourth-order valence-electron chi connectivity index (χ4n) is 1.37. The first-order valence-electron chi connectivity index (χ1n) is 4.96. The summed E-state index contributed by atoms with van der Waals surface area (Å²) in [6.07, 6.45) is 0. The van der Waals surface area contributed by atoms with E-state index in [-0.39, 0.29) is 0 Å². The van der Waals surface area contributed by atoms with Crippen LogP contribution in [0.4, 0.5) is 0 Å². The molecule has 0 bridgehead atoms. The molecule has 74 valence electrons. The summed E-state index contributed by atoms with van der Waals surface area (Å²) < 4.78 is 0. The molecule has 0 heterocycles. The van der Waals surface area contributed by atoms with Crippen LogP contribution >= 0.6 is 0 Å². The zero-order valence-corrected chi connectivity index (χ0v) is 8.91. The van der Waals surface area contributed by atoms with E-state index in [1.54, 1.807) is 6.07 Å². The number of hydrogen-bond donors (Lipinski definition) is 1. The quantitative estimate of drug-likeness (QED) is 0.665. The van der Waals surface area contributed by atoms with Gasteiger partial charge in [0.2, 0.25) is 0 Å². The van der Waals surface area contributed by atoms with Gasteiger partial charge in [0.25, 0.3) is 0 Å². The van der Waals surface area contributed by atoms with Crippen LogP contribution in [0.25, 0.3) is 10.8 Å². The Morgan fingerprint density at radius 3 is 2.43 bits per heavy atom. The second-order valence-electron chi connectivity index (χ2n) is 3.00. The van der Waals surface area contributed by atoms with Crippen molar-refractivity contribution in [2.24, 2.45) is 0 Å². The Labute approximate surface area is 85.0 Å². The first-order valence-corrected chi connectivity index (χ1v) is 4.96. The Morgan fingerprint density at radius 2 is 1.71 bits per heavy atom. The number of fused-ring (bicyclic) bond motifs is 1. The van der Waals surface area contributed by atoms with Crippen molar-refractivity contribution in [1.82, 2.24) is 0 Å². The molecular formula is C13H16O. The maximum atomic E-state index is 9.50. The van der Waals surface area contributed by atoms with Crippen molar-refractivity contribution in [2.75, 3.05) is 0 Å². The van der Waals surface area contributed by atoms with Gasteiger partial charge in [-0.2, -0.15) is 0 Å². The average molecular weight is 188 g/mol. The van der Waals surface area contributed by atoms with Gasteiger partial charge in [-0.1, -0.05) is 43.7 Å². The molecule has 0 aliphatic heterocycles. The van der Waals surface area contributed by atoms with Crippen LogP contribution in [-0.2, 0) is 0 Å². The number of rotatable bonds is 0. The molecule has 1 heteroatoms. The third-order valence-electron chi connectivity index (χ3n) is 2.01. The van der Waals surface area contributed by atoms with Gasteiger partial charge >= 0.3 is 0 Å². The second-order valence-corrected chi connectivity index (χ2v) is 3.00. The number of aryl methyl sites for hydroxylation is 1. The van der Waals surface area contributed by atoms with E-state index < -0.39 is 0 Å². The van der Waals surface area contributed by atoms with E-state index in [1.165, 1.54) is 5.56 Å². The van der Waals surface area contributed by atoms with Crippen molar-refractivity contribution in [3.8, 4) is 5.75 Å². The van der Waals surface area contributed by atoms with Crippen molar-refractivity contribution < 1.29 is 5.11 Å². The maximum absolute atomic E-state index is 9.50. The number of hydrogen-bond acceptors (Lipinski definition) is 1. The van der Waals surface area contributed by atoms with Crippen LogP contribution in [0.1, 0.15) is 19.4 Å². The molecule has 0 amide bonds. The first-order chi connectivity index (χ1) is 6.77. The molecule has 2 aromatic carbocycles. The van der Waals surface area contributed by atoms with Gasteiger partial charge in [-0.05, 0) is 24.4 Å². The smallest absolute Gasteiger partial charge is 0.123 e. The lowest BCUT2D eigenvalue weighted by molar-refractivity contribution is 0.481. The van der Waals surface area contributed by atoms with Crippen molar-refractivity contribution in [1.29, 1.82) is 0 Å². The standard InChI is InChI=1S/C11H10O.C2H6/c1-8-5-6-9-3-2-4-11(12)10(9)7-8;1-2/h2-7,12H,1H3;1-2H3. The highest BCUT2D eigenvalue weighted by molar-refractivity contribution is 5.88. The summed E-state index contributed by atoms with van der Waals surface area (Å²) in [5, 5.41) is 11.5. The molecule has 0 aliphatic rings. The average Bonchev–Trinajstić information content (AvgIpc) is 2.22. The number of phenolic OH excluding ortho intramolecular Hbond substituents is 1. The molecule has 0 saturated heterocycles. The molecule has 0 unspecified atom stereocenters. The van der Waals surface area contributed by atoms with Crippen molar-refractivity contribution >= 4 is 10.8 Å². The predicted octanol–water partition coefficient (Wildman–Crippen LogP) is 3.88. The Hall–Kier alpha value is -1.50. The molecule has 2 rings (SSSR count). The number of phenols is 1. The van der Waals surface area contributed by atoms with Crippen molar-refractivity contribution in [2.45, 2.75) is 20.8 Å². The molecule has 1 nitrogen and oxygen atoms in total. The summed E-state index contributed by atoms with van der Waals surface area (Å²) in [7, 11) is 0. The molecule has 0 radical (unpaired) electrons. The lowest BCUT2D eigenvalue weighted by atomic mass is 10.1. The summed E-state index contributed by atoms with van der Waals surface area (Å²) in [6, 6.07) is 11.6. The number of benzene rings is 2. The third-order valence-corrected chi connectivity index (χ3v) is 2.01. The van der Waals surface area contributed by atoms with Crippen LogP contribution < -0.4 is 0 Å². The third kappa shape index (κ3) is 2.05. The zero-order chi connectivity index (χ0) is 10.6. The monoisotopic (exact) mass is 188 g/mol. The Morgan fingerprint density at radius 1 is 1.00 bits per heavy atom. The van der Waals surface area contributed by atoms with Crippen LogP contribution in [0.5, 0.6) is 5.75 Å². The van der Waals surface area contributed by atoms with E-state index in [0.717, 1.165) is 10.8 Å². The van der Waals surface area contributed by atoms with Gasteiger partial charge in [-0.3, -0.25) is 0 Å². The van der Waals surface area contributed by atoms with Crippen LogP contribution in [0.3, 0.4) is 0 Å². The molecule has 2 aromatic rings. The van der Waals surface area contributed by atoms with Gasteiger partial charge in [0.05, 0.1) is 0 Å². The molecule has 1 N–H and O–H groups in total. The van der Waals surface area contributed by atoms with Crippen LogP contribution in [0, 0.1) is 6.92 Å². The highest BCUT2D eigenvalue weighted by Gasteiger charge is 1.97. The molecule has 0 atom stereocenters. The molecular weight excluding hydrogens is 172 g/mol. The van der Waals surface area contributed by atoms with Crippen LogP contribution in [0.15, 0.2) is 36.4 Å². The van der Waals surface area contributed by atoms with E-state index in [0.29, 0.717) is 5.75 Å². The van der Waals surface area contributed by atoms with Crippen molar-refractivity contribution in [3.05, 3.63) is 42.0 Å². The van der Waals surface area contributed by atoms with E-state index in [2.05, 4.69) is 0 Å². The highest BCUT2D eigenvalue weighted by atomic mass is 16.3. The molecule has 0 spiro atoms. The summed E-state index contributed by atoms with van der Waals surface area (Å²) in [5.41, 5.74) is 1.17. The molecule has 0 aromatic heterocycles. The minimum Gasteiger partial charge on any atom is -0.507 e. The van der Waals surface area contributed by atoms with Crippen LogP contribution in [0.2, 0.25) is 0 Å². The maximum Gasteiger partial charge on any atom is 0.123 e. The highest BCUT2D eigenvalue weighted by Crippen LogP contribution is 2.24. The van der Waals surface area contributed by atoms with Gasteiger partial charge < -0.3 is 5.11 Å². The number of aromatic hydroxyl groups is 1. The first kappa shape index (κ1) is 10.6. The molecule has 14 heavy (non-hydrogen) atoms. The Balaban J connectivity index is 0.000000461. The lowest BCUT2D eigenvalue weighted by Crippen LogP contribution is -1.75. The van der Waals surface area contributed by atoms with Crippen LogP contribution in [-0.4, -0.2) is 5.11 Å². The van der Waals surface area contributed by atoms with Crippen molar-refractivity contribution in [3.63, 3.8) is 0 Å². The second kappa shape index (κ2) is 4.66. The minimum atomic E-state index is 0.358. The topological polar surface area (TPSA) is 20.2 Å². The fourth-order valence-corrected chi connectivity index (χ4v) is 1.37. The van der Waals surface area contributed by atoms with Gasteiger partial charge in [0.1, 0.15) is 5.75 Å². The van der Waals surface area contributed by atoms with Gasteiger partial charge in [-0.25, -0.2) is 0 Å². The predicted molar refractivity (Wildman–Crippen MR) is 61.7 cm³/mol. The fraction of sp³-hybridized carbons (Fsp3) is 0.231. The van der Waals surface area contributed by atoms with E-state index in [4.69, 9.17) is 0 Å². The Bertz CT molecular complexity index is 419. The van der Waals surface area contributed by atoms with E-state index in [9.17, 15) is 5.11 Å². The summed E-state index contributed by atoms with van der Waals surface area (Å²) in [6.45, 7) is 6.02. The van der Waals surface area contributed by atoms with Gasteiger partial charge in [0.15, 0.2) is 0 Å². The lowest BCUT2D eigenvalue weighted by Gasteiger charge is -2.00.